The molecule has 3 N–H and O–H groups in total. The Morgan fingerprint density at radius 1 is 1.21 bits per heavy atom. The Kier molecular flexibility index (Phi) is 4.82. The Bertz CT molecular complexity index is 1260. The van der Waals surface area contributed by atoms with Gasteiger partial charge >= 0.3 is 0 Å². The molecule has 1 amide bonds. The number of amides is 1. The van der Waals surface area contributed by atoms with E-state index in [4.69, 9.17) is 21.8 Å². The average Bonchev–Trinajstić information content (AvgIpc) is 3.15. The molecule has 1 atom stereocenters. The molecule has 0 saturated carbocycles. The lowest BCUT2D eigenvalue weighted by Gasteiger charge is -2.21. The van der Waals surface area contributed by atoms with Gasteiger partial charge in [-0.3, -0.25) is 14.2 Å². The Morgan fingerprint density at radius 3 is 2.66 bits per heavy atom. The van der Waals surface area contributed by atoms with Crippen molar-refractivity contribution >= 4 is 34.3 Å². The van der Waals surface area contributed by atoms with Gasteiger partial charge in [0.25, 0.3) is 17.5 Å². The quantitative estimate of drug-likeness (QED) is 0.535. The van der Waals surface area contributed by atoms with Gasteiger partial charge in [0.2, 0.25) is 0 Å². The monoisotopic (exact) mass is 408 g/mol. The number of carbonyl (C=O) groups is 1. The van der Waals surface area contributed by atoms with Crippen LogP contribution in [0.2, 0.25) is 5.02 Å². The first-order chi connectivity index (χ1) is 14.0. The van der Waals surface area contributed by atoms with Crippen LogP contribution in [-0.4, -0.2) is 15.5 Å². The van der Waals surface area contributed by atoms with E-state index in [2.05, 4.69) is 10.3 Å². The van der Waals surface area contributed by atoms with Crippen molar-refractivity contribution in [3.05, 3.63) is 87.6 Å². The molecule has 4 aromatic rings. The zero-order valence-corrected chi connectivity index (χ0v) is 16.2. The summed E-state index contributed by atoms with van der Waals surface area (Å²) in [5.74, 6) is -0.462. The molecule has 4 rings (SSSR count). The van der Waals surface area contributed by atoms with Crippen molar-refractivity contribution in [2.45, 2.75) is 13.0 Å². The minimum absolute atomic E-state index is 0.0618. The number of anilines is 1. The second kappa shape index (κ2) is 7.44. The van der Waals surface area contributed by atoms with Crippen LogP contribution >= 0.6 is 11.6 Å². The number of aromatic nitrogens is 2. The Balaban J connectivity index is 1.86. The van der Waals surface area contributed by atoms with Crippen LogP contribution in [0.3, 0.4) is 0 Å². The number of nitrogen functional groups attached to an aromatic ring is 1. The van der Waals surface area contributed by atoms with Crippen molar-refractivity contribution in [3.63, 3.8) is 0 Å². The number of oxazole rings is 1. The first-order valence-electron chi connectivity index (χ1n) is 8.87. The summed E-state index contributed by atoms with van der Waals surface area (Å²) in [6.45, 7) is 1.78. The minimum Gasteiger partial charge on any atom is -0.431 e. The molecule has 146 valence electrons. The van der Waals surface area contributed by atoms with Gasteiger partial charge in [-0.15, -0.1) is 0 Å². The molecule has 0 saturated heterocycles. The normalized spacial score (nSPS) is 12.1. The largest absolute Gasteiger partial charge is 0.431 e. The van der Waals surface area contributed by atoms with Gasteiger partial charge in [-0.2, -0.15) is 4.98 Å². The molecule has 0 bridgehead atoms. The molecule has 0 radical (unpaired) electrons. The predicted octanol–water partition coefficient (Wildman–Crippen LogP) is 3.71. The number of nitrogens with one attached hydrogen (secondary N) is 1. The molecule has 0 aliphatic heterocycles. The number of nitrogens with two attached hydrogens (primary N) is 1. The van der Waals surface area contributed by atoms with E-state index < -0.39 is 11.9 Å². The van der Waals surface area contributed by atoms with Crippen LogP contribution in [0.4, 0.5) is 6.01 Å². The van der Waals surface area contributed by atoms with Crippen molar-refractivity contribution in [1.82, 2.24) is 14.9 Å². The van der Waals surface area contributed by atoms with E-state index in [9.17, 15) is 9.59 Å². The molecule has 0 spiro atoms. The third-order valence-corrected chi connectivity index (χ3v) is 4.90. The van der Waals surface area contributed by atoms with Crippen molar-refractivity contribution in [2.24, 2.45) is 0 Å². The highest BCUT2D eigenvalue weighted by Gasteiger charge is 2.20. The molecule has 0 unspecified atom stereocenters. The van der Waals surface area contributed by atoms with Gasteiger partial charge in [-0.25, -0.2) is 0 Å². The van der Waals surface area contributed by atoms with Crippen molar-refractivity contribution in [2.75, 3.05) is 5.73 Å². The summed E-state index contributed by atoms with van der Waals surface area (Å²) in [7, 11) is 0. The topological polar surface area (TPSA) is 103 Å². The van der Waals surface area contributed by atoms with Gasteiger partial charge < -0.3 is 15.5 Å². The van der Waals surface area contributed by atoms with Crippen molar-refractivity contribution < 1.29 is 9.21 Å². The van der Waals surface area contributed by atoms with Crippen LogP contribution in [0.15, 0.2) is 70.1 Å². The number of fused-ring (bicyclic) bond motifs is 1. The number of benzene rings is 2. The van der Waals surface area contributed by atoms with E-state index in [-0.39, 0.29) is 17.3 Å². The first kappa shape index (κ1) is 18.8. The van der Waals surface area contributed by atoms with Gasteiger partial charge in [0.1, 0.15) is 6.26 Å². The number of para-hydroxylation sites is 1. The third kappa shape index (κ3) is 3.48. The highest BCUT2D eigenvalue weighted by molar-refractivity contribution is 6.35. The zero-order valence-electron chi connectivity index (χ0n) is 15.4. The highest BCUT2D eigenvalue weighted by Crippen LogP contribution is 2.25. The molecule has 8 heteroatoms. The van der Waals surface area contributed by atoms with E-state index in [1.807, 2.05) is 42.5 Å². The first-order valence-corrected chi connectivity index (χ1v) is 9.25. The number of nitrogens with zero attached hydrogens (tertiary/aromatic N) is 2. The molecular formula is C21H17ClN4O3. The molecule has 2 heterocycles. The van der Waals surface area contributed by atoms with Gasteiger partial charge in [0.15, 0.2) is 5.69 Å². The van der Waals surface area contributed by atoms with Gasteiger partial charge in [-0.1, -0.05) is 41.9 Å². The summed E-state index contributed by atoms with van der Waals surface area (Å²) in [5, 5.41) is 4.32. The number of carbonyl (C=O) groups excluding carboxylic acids is 1. The third-order valence-electron chi connectivity index (χ3n) is 4.58. The fourth-order valence-corrected chi connectivity index (χ4v) is 3.50. The number of rotatable bonds is 4. The molecule has 0 aliphatic carbocycles. The molecule has 2 aromatic heterocycles. The van der Waals surface area contributed by atoms with Gasteiger partial charge in [0, 0.05) is 11.4 Å². The van der Waals surface area contributed by atoms with Gasteiger partial charge in [-0.05, 0) is 36.6 Å². The molecular weight excluding hydrogens is 392 g/mol. The number of hydrogen-bond acceptors (Lipinski definition) is 5. The van der Waals surface area contributed by atoms with Crippen LogP contribution in [0.25, 0.3) is 16.5 Å². The Morgan fingerprint density at radius 2 is 1.97 bits per heavy atom. The van der Waals surface area contributed by atoms with Crippen LogP contribution < -0.4 is 16.6 Å². The lowest BCUT2D eigenvalue weighted by molar-refractivity contribution is 0.0933. The summed E-state index contributed by atoms with van der Waals surface area (Å²) in [5.41, 5.74) is 6.50. The smallest absolute Gasteiger partial charge is 0.292 e. The minimum atomic E-state index is -0.517. The van der Waals surface area contributed by atoms with Crippen LogP contribution in [0, 0.1) is 0 Å². The maximum absolute atomic E-state index is 13.4. The SMILES string of the molecule is C[C@H](NC(=O)c1coc(N)n1)c1cc2cccc(Cl)c2c(=O)n1-c1ccccc1. The zero-order chi connectivity index (χ0) is 20.5. The van der Waals surface area contributed by atoms with Gasteiger partial charge in [0.05, 0.1) is 16.5 Å². The van der Waals surface area contributed by atoms with E-state index >= 15 is 0 Å². The molecule has 7 nitrogen and oxygen atoms in total. The Hall–Kier alpha value is -3.58. The highest BCUT2D eigenvalue weighted by atomic mass is 35.5. The van der Waals surface area contributed by atoms with Crippen molar-refractivity contribution in [3.8, 4) is 5.69 Å². The van der Waals surface area contributed by atoms with Crippen LogP contribution in [-0.2, 0) is 0 Å². The second-order valence-electron chi connectivity index (χ2n) is 6.52. The maximum Gasteiger partial charge on any atom is 0.292 e. The van der Waals surface area contributed by atoms with E-state index in [0.717, 1.165) is 0 Å². The van der Waals surface area contributed by atoms with Crippen LogP contribution in [0.5, 0.6) is 0 Å². The predicted molar refractivity (Wildman–Crippen MR) is 111 cm³/mol. The summed E-state index contributed by atoms with van der Waals surface area (Å²) < 4.78 is 6.44. The Labute approximate surface area is 170 Å². The number of halogens is 1. The molecule has 0 aliphatic rings. The molecule has 0 fully saturated rings. The summed E-state index contributed by atoms with van der Waals surface area (Å²) in [6, 6.07) is 15.7. The fraction of sp³-hybridized carbons (Fsp3) is 0.0952. The molecule has 2 aromatic carbocycles. The average molecular weight is 409 g/mol. The number of hydrogen-bond donors (Lipinski definition) is 2. The maximum atomic E-state index is 13.4. The van der Waals surface area contributed by atoms with E-state index in [0.29, 0.717) is 27.2 Å². The van der Waals surface area contributed by atoms with Crippen molar-refractivity contribution in [1.29, 1.82) is 0 Å². The van der Waals surface area contributed by atoms with E-state index in [1.54, 1.807) is 23.6 Å². The molecule has 29 heavy (non-hydrogen) atoms. The standard InChI is InChI=1S/C21H17ClN4O3/c1-12(24-19(27)16-11-29-21(23)25-16)17-10-13-6-5-9-15(22)18(13)20(28)26(17)14-7-3-2-4-8-14/h2-12H,1H3,(H2,23,25)(H,24,27)/t12-/m0/s1. The summed E-state index contributed by atoms with van der Waals surface area (Å²) >= 11 is 6.31. The second-order valence-corrected chi connectivity index (χ2v) is 6.92. The van der Waals surface area contributed by atoms with Crippen LogP contribution in [0.1, 0.15) is 29.1 Å². The fourth-order valence-electron chi connectivity index (χ4n) is 3.24. The van der Waals surface area contributed by atoms with E-state index in [1.165, 1.54) is 6.26 Å². The summed E-state index contributed by atoms with van der Waals surface area (Å²) in [6.07, 6.45) is 1.18. The lowest BCUT2D eigenvalue weighted by atomic mass is 10.1. The lowest BCUT2D eigenvalue weighted by Crippen LogP contribution is -2.32. The summed E-state index contributed by atoms with van der Waals surface area (Å²) in [4.78, 5) is 29.7. The number of pyridine rings is 1.